The van der Waals surface area contributed by atoms with Crippen LogP contribution in [0.4, 0.5) is 24.5 Å². The minimum absolute atomic E-state index is 0.227. The van der Waals surface area contributed by atoms with Gasteiger partial charge in [-0.3, -0.25) is 0 Å². The van der Waals surface area contributed by atoms with Gasteiger partial charge < -0.3 is 19.5 Å². The summed E-state index contributed by atoms with van der Waals surface area (Å²) in [5.74, 6) is 0.139. The summed E-state index contributed by atoms with van der Waals surface area (Å²) in [5.41, 5.74) is 2.59. The maximum Gasteiger partial charge on any atom is 0.573 e. The van der Waals surface area contributed by atoms with E-state index < -0.39 is 40.3 Å². The quantitative estimate of drug-likeness (QED) is 0.486. The third-order valence-corrected chi connectivity index (χ3v) is 8.09. The number of ether oxygens (including phenoxy) is 2. The minimum Gasteiger partial charge on any atom is -0.487 e. The third-order valence-electron chi connectivity index (χ3n) is 6.59. The van der Waals surface area contributed by atoms with E-state index in [1.54, 1.807) is 0 Å². The molecular weight excluding hydrogens is 509 g/mol. The Bertz CT molecular complexity index is 1320. The first kappa shape index (κ1) is 25.4. The van der Waals surface area contributed by atoms with Gasteiger partial charge in [-0.2, -0.15) is 0 Å². The molecule has 7 nitrogen and oxygen atoms in total. The van der Waals surface area contributed by atoms with Crippen LogP contribution in [0.1, 0.15) is 24.8 Å². The second kappa shape index (κ2) is 9.88. The number of halogens is 3. The van der Waals surface area contributed by atoms with Crippen LogP contribution in [0.5, 0.6) is 11.5 Å². The molecule has 1 heterocycles. The average molecular weight is 535 g/mol. The number of para-hydroxylation sites is 3. The first-order chi connectivity index (χ1) is 17.6. The molecule has 3 atom stereocenters. The summed E-state index contributed by atoms with van der Waals surface area (Å²) < 4.78 is 75.8. The number of rotatable bonds is 5. The van der Waals surface area contributed by atoms with Crippen LogP contribution in [0.15, 0.2) is 77.7 Å². The molecule has 1 aliphatic carbocycles. The number of hydrogen-bond acceptors (Lipinski definition) is 6. The molecule has 0 amide bonds. The molecule has 0 spiro atoms. The molecule has 1 aliphatic heterocycles. The van der Waals surface area contributed by atoms with E-state index in [2.05, 4.69) is 9.46 Å². The highest BCUT2D eigenvalue weighted by Crippen LogP contribution is 2.43. The lowest BCUT2D eigenvalue weighted by atomic mass is 9.86. The van der Waals surface area contributed by atoms with Crippen LogP contribution in [-0.2, 0) is 16.6 Å². The summed E-state index contributed by atoms with van der Waals surface area (Å²) in [6.07, 6.45) is -4.29. The Morgan fingerprint density at radius 3 is 2.35 bits per heavy atom. The second-order valence-electron chi connectivity index (χ2n) is 8.99. The van der Waals surface area contributed by atoms with Crippen LogP contribution in [0.2, 0.25) is 0 Å². The van der Waals surface area contributed by atoms with Crippen molar-refractivity contribution in [2.45, 2.75) is 55.3 Å². The minimum atomic E-state index is -4.88. The number of fused-ring (bicyclic) bond motifs is 2. The van der Waals surface area contributed by atoms with Crippen molar-refractivity contribution < 1.29 is 36.2 Å². The standard InChI is InChI=1S/C26H25F3N2O5S/c27-26(28,29)36-18-12-14-19(15-13-18)37(33,34)30-20-7-5-10-23(25(20)32)31-21-8-2-1-6-17(21)16-35-24-11-4-3-9-22(24)31/h1-4,6,8-9,11-15,20,23,25,30,32H,5,7,10,16H2. The van der Waals surface area contributed by atoms with Crippen molar-refractivity contribution in [3.63, 3.8) is 0 Å². The summed E-state index contributed by atoms with van der Waals surface area (Å²) in [6.45, 7) is 0.358. The van der Waals surface area contributed by atoms with Gasteiger partial charge >= 0.3 is 6.36 Å². The Kier molecular flexibility index (Phi) is 6.78. The smallest absolute Gasteiger partial charge is 0.487 e. The molecule has 0 saturated heterocycles. The van der Waals surface area contributed by atoms with Gasteiger partial charge in [0, 0.05) is 11.3 Å². The van der Waals surface area contributed by atoms with Crippen molar-refractivity contribution in [2.24, 2.45) is 0 Å². The largest absolute Gasteiger partial charge is 0.573 e. The van der Waals surface area contributed by atoms with E-state index in [1.807, 2.05) is 53.4 Å². The van der Waals surface area contributed by atoms with Crippen LogP contribution >= 0.6 is 0 Å². The lowest BCUT2D eigenvalue weighted by Crippen LogP contribution is -2.55. The number of aliphatic hydroxyl groups is 1. The zero-order chi connectivity index (χ0) is 26.2. The molecule has 11 heteroatoms. The summed E-state index contributed by atoms with van der Waals surface area (Å²) in [6, 6.07) is 17.9. The van der Waals surface area contributed by atoms with Gasteiger partial charge in [0.05, 0.1) is 28.8 Å². The Hall–Kier alpha value is -3.28. The molecule has 3 aromatic carbocycles. The summed E-state index contributed by atoms with van der Waals surface area (Å²) in [5, 5.41) is 11.5. The van der Waals surface area contributed by atoms with Gasteiger partial charge in [-0.25, -0.2) is 13.1 Å². The molecule has 2 aliphatic rings. The van der Waals surface area contributed by atoms with Gasteiger partial charge in [0.1, 0.15) is 18.1 Å². The van der Waals surface area contributed by atoms with Crippen molar-refractivity contribution in [3.8, 4) is 11.5 Å². The van der Waals surface area contributed by atoms with Gasteiger partial charge in [0.2, 0.25) is 10.0 Å². The zero-order valence-corrected chi connectivity index (χ0v) is 20.4. The Morgan fingerprint density at radius 2 is 1.62 bits per heavy atom. The van der Waals surface area contributed by atoms with Gasteiger partial charge in [0.25, 0.3) is 0 Å². The van der Waals surface area contributed by atoms with E-state index in [0.29, 0.717) is 31.6 Å². The Balaban J connectivity index is 1.41. The fraction of sp³-hybridized carbons (Fsp3) is 0.308. The molecule has 3 aromatic rings. The van der Waals surface area contributed by atoms with Crippen molar-refractivity contribution in [2.75, 3.05) is 4.90 Å². The van der Waals surface area contributed by atoms with Gasteiger partial charge in [-0.05, 0) is 61.7 Å². The van der Waals surface area contributed by atoms with E-state index in [-0.39, 0.29) is 4.90 Å². The van der Waals surface area contributed by atoms with Crippen LogP contribution in [0, 0.1) is 0 Å². The fourth-order valence-electron chi connectivity index (χ4n) is 4.94. The van der Waals surface area contributed by atoms with Crippen LogP contribution in [0.3, 0.4) is 0 Å². The maximum absolute atomic E-state index is 13.1. The summed E-state index contributed by atoms with van der Waals surface area (Å²) in [7, 11) is -4.13. The predicted molar refractivity (Wildman–Crippen MR) is 130 cm³/mol. The first-order valence-electron chi connectivity index (χ1n) is 11.8. The molecule has 0 bridgehead atoms. The Morgan fingerprint density at radius 1 is 0.946 bits per heavy atom. The predicted octanol–water partition coefficient (Wildman–Crippen LogP) is 4.88. The number of nitrogens with zero attached hydrogens (tertiary/aromatic N) is 1. The molecule has 3 unspecified atom stereocenters. The molecule has 196 valence electrons. The normalized spacial score (nSPS) is 21.8. The highest BCUT2D eigenvalue weighted by atomic mass is 32.2. The van der Waals surface area contributed by atoms with E-state index in [0.717, 1.165) is 41.2 Å². The van der Waals surface area contributed by atoms with Crippen LogP contribution in [-0.4, -0.2) is 38.1 Å². The molecule has 5 rings (SSSR count). The van der Waals surface area contributed by atoms with Crippen LogP contribution < -0.4 is 19.1 Å². The number of aliphatic hydroxyl groups excluding tert-OH is 1. The van der Waals surface area contributed by atoms with E-state index in [4.69, 9.17) is 4.74 Å². The van der Waals surface area contributed by atoms with Gasteiger partial charge in [-0.15, -0.1) is 13.2 Å². The molecule has 2 N–H and O–H groups in total. The third kappa shape index (κ3) is 5.39. The number of sulfonamides is 1. The SMILES string of the molecule is O=S(=O)(NC1CCCC(N2c3ccccc3COc3ccccc32)C1O)c1ccc(OC(F)(F)F)cc1. The molecule has 0 radical (unpaired) electrons. The topological polar surface area (TPSA) is 88.1 Å². The average Bonchev–Trinajstić information content (AvgIpc) is 3.02. The lowest BCUT2D eigenvalue weighted by molar-refractivity contribution is -0.274. The van der Waals surface area contributed by atoms with Gasteiger partial charge in [-0.1, -0.05) is 30.3 Å². The number of alkyl halides is 3. The second-order valence-corrected chi connectivity index (χ2v) is 10.7. The maximum atomic E-state index is 13.1. The summed E-state index contributed by atoms with van der Waals surface area (Å²) >= 11 is 0. The highest BCUT2D eigenvalue weighted by Gasteiger charge is 2.40. The monoisotopic (exact) mass is 534 g/mol. The molecule has 1 saturated carbocycles. The van der Waals surface area contributed by atoms with Crippen molar-refractivity contribution in [3.05, 3.63) is 78.4 Å². The molecule has 1 fully saturated rings. The number of hydrogen-bond donors (Lipinski definition) is 2. The van der Waals surface area contributed by atoms with Crippen molar-refractivity contribution in [1.82, 2.24) is 4.72 Å². The summed E-state index contributed by atoms with van der Waals surface area (Å²) in [4.78, 5) is 1.79. The number of benzene rings is 3. The van der Waals surface area contributed by atoms with Crippen LogP contribution in [0.25, 0.3) is 0 Å². The number of anilines is 2. The first-order valence-corrected chi connectivity index (χ1v) is 13.3. The Labute approximate surface area is 212 Å². The molecular formula is C26H25F3N2O5S. The van der Waals surface area contributed by atoms with Crippen molar-refractivity contribution >= 4 is 21.4 Å². The van der Waals surface area contributed by atoms with Gasteiger partial charge in [0.15, 0.2) is 0 Å². The van der Waals surface area contributed by atoms with E-state index in [1.165, 1.54) is 0 Å². The molecule has 37 heavy (non-hydrogen) atoms. The highest BCUT2D eigenvalue weighted by molar-refractivity contribution is 7.89. The van der Waals surface area contributed by atoms with E-state index in [9.17, 15) is 26.7 Å². The number of nitrogens with one attached hydrogen (secondary N) is 1. The molecule has 0 aromatic heterocycles. The fourth-order valence-corrected chi connectivity index (χ4v) is 6.23. The zero-order valence-electron chi connectivity index (χ0n) is 19.6. The van der Waals surface area contributed by atoms with Crippen molar-refractivity contribution in [1.29, 1.82) is 0 Å². The van der Waals surface area contributed by atoms with E-state index >= 15 is 0 Å². The lowest BCUT2D eigenvalue weighted by Gasteiger charge is -2.42.